The van der Waals surface area contributed by atoms with Gasteiger partial charge in [0.15, 0.2) is 0 Å². The van der Waals surface area contributed by atoms with Crippen LogP contribution in [0.15, 0.2) is 30.3 Å². The Morgan fingerprint density at radius 1 is 0.630 bits per heavy atom. The zero-order valence-corrected chi connectivity index (χ0v) is 18.7. The molecule has 0 fully saturated rings. The Bertz CT molecular complexity index is 447. The highest BCUT2D eigenvalue weighted by atomic mass is 31.1. The lowest BCUT2D eigenvalue weighted by Crippen LogP contribution is -1.98. The van der Waals surface area contributed by atoms with Crippen molar-refractivity contribution in [2.45, 2.75) is 110 Å². The van der Waals surface area contributed by atoms with E-state index in [0.717, 1.165) is 11.7 Å². The number of benzene rings is 1. The number of unbranched alkanes of at least 4 members (excludes halogenated alkanes) is 15. The van der Waals surface area contributed by atoms with Crippen LogP contribution in [0.3, 0.4) is 0 Å². The van der Waals surface area contributed by atoms with E-state index in [0.29, 0.717) is 6.61 Å². The van der Waals surface area contributed by atoms with Crippen molar-refractivity contribution < 1.29 is 9.09 Å². The molecule has 0 radical (unpaired) electrons. The van der Waals surface area contributed by atoms with E-state index >= 15 is 0 Å². The summed E-state index contributed by atoms with van der Waals surface area (Å²) >= 11 is 0. The first kappa shape index (κ1) is 24.4. The first-order valence-electron chi connectivity index (χ1n) is 11.6. The molecule has 27 heavy (non-hydrogen) atoms. The fraction of sp³-hybridized carbons (Fsp3) is 0.750. The second kappa shape index (κ2) is 18.8. The molecule has 1 atom stereocenters. The van der Waals surface area contributed by atoms with E-state index < -0.39 is 8.03 Å². The van der Waals surface area contributed by atoms with Crippen molar-refractivity contribution in [3.05, 3.63) is 30.3 Å². The quantitative estimate of drug-likeness (QED) is 0.175. The van der Waals surface area contributed by atoms with E-state index in [4.69, 9.17) is 4.52 Å². The normalized spacial score (nSPS) is 12.3. The minimum atomic E-state index is -2.04. The number of hydrogen-bond donors (Lipinski definition) is 0. The molecule has 0 aromatic heterocycles. The van der Waals surface area contributed by atoms with Crippen LogP contribution in [0.5, 0.6) is 0 Å². The largest absolute Gasteiger partial charge is 0.327 e. The summed E-state index contributed by atoms with van der Waals surface area (Å²) in [6.07, 6.45) is 21.9. The van der Waals surface area contributed by atoms with Crippen LogP contribution in [0.2, 0.25) is 0 Å². The van der Waals surface area contributed by atoms with E-state index in [2.05, 4.69) is 6.92 Å². The average Bonchev–Trinajstić information content (AvgIpc) is 2.70. The molecule has 0 saturated heterocycles. The minimum Gasteiger partial charge on any atom is -0.327 e. The Balaban J connectivity index is 1.75. The second-order valence-electron chi connectivity index (χ2n) is 7.81. The third kappa shape index (κ3) is 15.1. The predicted octanol–water partition coefficient (Wildman–Crippen LogP) is 8.06. The molecule has 2 nitrogen and oxygen atoms in total. The van der Waals surface area contributed by atoms with Gasteiger partial charge in [0.25, 0.3) is 0 Å². The average molecular weight is 395 g/mol. The molecule has 0 aliphatic carbocycles. The minimum absolute atomic E-state index is 0.630. The Morgan fingerprint density at radius 3 is 1.48 bits per heavy atom. The molecule has 1 rings (SSSR count). The van der Waals surface area contributed by atoms with E-state index in [1.807, 2.05) is 30.3 Å². The monoisotopic (exact) mass is 394 g/mol. The van der Waals surface area contributed by atoms with Gasteiger partial charge in [-0.05, 0) is 18.6 Å². The first-order chi connectivity index (χ1) is 13.3. The van der Waals surface area contributed by atoms with Crippen LogP contribution in [0.25, 0.3) is 0 Å². The number of rotatable bonds is 19. The van der Waals surface area contributed by atoms with Crippen molar-refractivity contribution in [2.24, 2.45) is 0 Å². The van der Waals surface area contributed by atoms with Gasteiger partial charge in [0.2, 0.25) is 8.03 Å². The molecule has 0 bridgehead atoms. The molecule has 0 heterocycles. The summed E-state index contributed by atoms with van der Waals surface area (Å²) in [6.45, 7) is 2.91. The molecular weight excluding hydrogens is 351 g/mol. The molecule has 1 aromatic rings. The molecule has 0 N–H and O–H groups in total. The van der Waals surface area contributed by atoms with Gasteiger partial charge in [-0.15, -0.1) is 0 Å². The highest BCUT2D eigenvalue weighted by Crippen LogP contribution is 2.21. The Hall–Kier alpha value is -0.590. The lowest BCUT2D eigenvalue weighted by Gasteiger charge is -2.05. The molecule has 1 aromatic carbocycles. The maximum absolute atomic E-state index is 12.0. The van der Waals surface area contributed by atoms with Crippen LogP contribution in [0.4, 0.5) is 0 Å². The predicted molar refractivity (Wildman–Crippen MR) is 121 cm³/mol. The van der Waals surface area contributed by atoms with Gasteiger partial charge in [-0.2, -0.15) is 0 Å². The fourth-order valence-electron chi connectivity index (χ4n) is 3.47. The van der Waals surface area contributed by atoms with E-state index in [-0.39, 0.29) is 0 Å². The molecule has 1 unspecified atom stereocenters. The maximum atomic E-state index is 12.0. The van der Waals surface area contributed by atoms with Gasteiger partial charge in [0.1, 0.15) is 0 Å². The van der Waals surface area contributed by atoms with Gasteiger partial charge in [-0.1, -0.05) is 121 Å². The lowest BCUT2D eigenvalue weighted by molar-refractivity contribution is 0.321. The van der Waals surface area contributed by atoms with Gasteiger partial charge >= 0.3 is 0 Å². The summed E-state index contributed by atoms with van der Waals surface area (Å²) in [5.74, 6) is 0. The van der Waals surface area contributed by atoms with Crippen molar-refractivity contribution in [1.82, 2.24) is 0 Å². The van der Waals surface area contributed by atoms with Crippen molar-refractivity contribution in [3.8, 4) is 0 Å². The third-order valence-electron chi connectivity index (χ3n) is 5.24. The maximum Gasteiger partial charge on any atom is 0.220 e. The molecule has 0 spiro atoms. The Kier molecular flexibility index (Phi) is 17.0. The summed E-state index contributed by atoms with van der Waals surface area (Å²) in [5.41, 5.74) is 0. The van der Waals surface area contributed by atoms with Crippen LogP contribution < -0.4 is 5.30 Å². The van der Waals surface area contributed by atoms with Crippen LogP contribution in [-0.2, 0) is 9.09 Å². The lowest BCUT2D eigenvalue weighted by atomic mass is 10.0. The van der Waals surface area contributed by atoms with Crippen LogP contribution >= 0.6 is 8.03 Å². The summed E-state index contributed by atoms with van der Waals surface area (Å²) in [6, 6.07) is 9.53. The highest BCUT2D eigenvalue weighted by molar-refractivity contribution is 7.48. The van der Waals surface area contributed by atoms with Gasteiger partial charge in [-0.25, -0.2) is 0 Å². The number of hydrogen-bond acceptors (Lipinski definition) is 2. The van der Waals surface area contributed by atoms with Crippen molar-refractivity contribution in [3.63, 3.8) is 0 Å². The first-order valence-corrected chi connectivity index (χ1v) is 12.9. The van der Waals surface area contributed by atoms with Gasteiger partial charge in [0, 0.05) is 5.30 Å². The second-order valence-corrected chi connectivity index (χ2v) is 9.25. The fourth-order valence-corrected chi connectivity index (χ4v) is 4.43. The van der Waals surface area contributed by atoms with E-state index in [1.54, 1.807) is 0 Å². The van der Waals surface area contributed by atoms with Crippen LogP contribution in [0.1, 0.15) is 110 Å². The topological polar surface area (TPSA) is 26.3 Å². The van der Waals surface area contributed by atoms with Crippen molar-refractivity contribution in [2.75, 3.05) is 6.61 Å². The standard InChI is InChI=1S/C24H43O2P/c1-2-3-4-5-6-7-8-9-10-11-12-13-14-15-16-20-23-26-27(25)24-21-18-17-19-22-24/h17-19,21-22,27H,2-16,20,23H2,1H3. The summed E-state index contributed by atoms with van der Waals surface area (Å²) in [4.78, 5) is 0. The summed E-state index contributed by atoms with van der Waals surface area (Å²) < 4.78 is 17.5. The van der Waals surface area contributed by atoms with Crippen molar-refractivity contribution in [1.29, 1.82) is 0 Å². The molecule has 3 heteroatoms. The SMILES string of the molecule is CCCCCCCCCCCCCCCCCCO[PH](=O)c1ccccc1. The molecule has 0 aliphatic heterocycles. The molecule has 0 amide bonds. The summed E-state index contributed by atoms with van der Waals surface area (Å²) in [5, 5.41) is 0.832. The third-order valence-corrected chi connectivity index (χ3v) is 6.51. The smallest absolute Gasteiger partial charge is 0.220 e. The molecule has 156 valence electrons. The van der Waals surface area contributed by atoms with Gasteiger partial charge in [-0.3, -0.25) is 4.57 Å². The Labute approximate surface area is 169 Å². The van der Waals surface area contributed by atoms with E-state index in [1.165, 1.54) is 96.3 Å². The highest BCUT2D eigenvalue weighted by Gasteiger charge is 2.02. The van der Waals surface area contributed by atoms with Gasteiger partial charge in [0.05, 0.1) is 6.61 Å². The zero-order chi connectivity index (χ0) is 19.4. The zero-order valence-electron chi connectivity index (χ0n) is 17.7. The summed E-state index contributed by atoms with van der Waals surface area (Å²) in [7, 11) is -2.04. The molecule has 0 aliphatic rings. The Morgan fingerprint density at radius 2 is 1.04 bits per heavy atom. The molecule has 0 saturated carbocycles. The van der Waals surface area contributed by atoms with Gasteiger partial charge < -0.3 is 4.52 Å². The molecular formula is C24H43O2P. The van der Waals surface area contributed by atoms with Crippen molar-refractivity contribution >= 4 is 13.3 Å². The van der Waals surface area contributed by atoms with Crippen LogP contribution in [0, 0.1) is 0 Å². The van der Waals surface area contributed by atoms with Crippen LogP contribution in [-0.4, -0.2) is 6.61 Å². The van der Waals surface area contributed by atoms with E-state index in [9.17, 15) is 4.57 Å².